The second-order valence-corrected chi connectivity index (χ2v) is 12.4. The van der Waals surface area contributed by atoms with Crippen LogP contribution in [0.2, 0.25) is 0 Å². The molecule has 0 amide bonds. The number of carbonyl (C=O) groups excluding carboxylic acids is 2. The first kappa shape index (κ1) is 19.4. The highest BCUT2D eigenvalue weighted by molar-refractivity contribution is 5.99. The summed E-state index contributed by atoms with van der Waals surface area (Å²) >= 11 is 0. The Kier molecular flexibility index (Phi) is 2.86. The van der Waals surface area contributed by atoms with Crippen LogP contribution in [0.1, 0.15) is 40.5 Å². The van der Waals surface area contributed by atoms with Crippen molar-refractivity contribution in [1.82, 2.24) is 0 Å². The van der Waals surface area contributed by atoms with Crippen LogP contribution in [0.3, 0.4) is 0 Å². The average Bonchev–Trinajstić information content (AvgIpc) is 3.56. The molecule has 11 atom stereocenters. The Bertz CT molecular complexity index is 1190. The number of rotatable bonds is 1. The number of cyclic esters (lactones) is 1. The number of ketones is 1. The summed E-state index contributed by atoms with van der Waals surface area (Å²) in [5, 5.41) is 9.93. The van der Waals surface area contributed by atoms with Crippen molar-refractivity contribution in [2.75, 3.05) is 6.61 Å². The Morgan fingerprint density at radius 3 is 2.55 bits per heavy atom. The fourth-order valence-corrected chi connectivity index (χ4v) is 10.1. The smallest absolute Gasteiger partial charge is 0.336 e. The zero-order chi connectivity index (χ0) is 23.0. The maximum absolute atomic E-state index is 13.7. The molecule has 0 aromatic heterocycles. The highest BCUT2D eigenvalue weighted by Crippen LogP contribution is 2.87. The van der Waals surface area contributed by atoms with Gasteiger partial charge in [0.25, 0.3) is 0 Å². The van der Waals surface area contributed by atoms with Crippen molar-refractivity contribution in [2.45, 2.75) is 70.2 Å². The minimum atomic E-state index is -1.19. The summed E-state index contributed by atoms with van der Waals surface area (Å²) in [6, 6.07) is 0. The molecular weight excluding hydrogens is 424 g/mol. The predicted octanol–water partition coefficient (Wildman–Crippen LogP) is 2.19. The Balaban J connectivity index is 1.34. The number of hydrogen-bond donors (Lipinski definition) is 1. The molecular formula is C26H28O7. The lowest BCUT2D eigenvalue weighted by atomic mass is 9.38. The molecule has 0 bridgehead atoms. The number of hydrogen-bond acceptors (Lipinski definition) is 7. The zero-order valence-corrected chi connectivity index (χ0v) is 19.2. The van der Waals surface area contributed by atoms with E-state index in [-0.39, 0.29) is 35.2 Å². The average molecular weight is 453 g/mol. The number of esters is 1. The SMILES string of the molecule is C[C@@]12C=C3OC[C@]4(C)C=CC(=O)[C@@](C)([C@@H]34)[C@@]13O[C@H]3C[C@@]1(C)[C@H](C3=C[C@H](O)OC3=O)C[C@H]3O[C@@]321. The molecule has 4 aliphatic heterocycles. The van der Waals surface area contributed by atoms with E-state index in [4.69, 9.17) is 18.9 Å². The monoisotopic (exact) mass is 452 g/mol. The highest BCUT2D eigenvalue weighted by Gasteiger charge is 2.96. The molecule has 4 aliphatic carbocycles. The molecule has 3 saturated heterocycles. The fraction of sp³-hybridized carbons (Fsp3) is 0.692. The van der Waals surface area contributed by atoms with Crippen molar-refractivity contribution in [3.8, 4) is 0 Å². The van der Waals surface area contributed by atoms with E-state index in [0.717, 1.165) is 5.76 Å². The topological polar surface area (TPSA) is 97.9 Å². The van der Waals surface area contributed by atoms with Crippen molar-refractivity contribution < 1.29 is 33.6 Å². The van der Waals surface area contributed by atoms with E-state index >= 15 is 0 Å². The van der Waals surface area contributed by atoms with Crippen molar-refractivity contribution in [1.29, 1.82) is 0 Å². The maximum atomic E-state index is 13.7. The summed E-state index contributed by atoms with van der Waals surface area (Å²) in [7, 11) is 0. The lowest BCUT2D eigenvalue weighted by Crippen LogP contribution is -2.71. The number of allylic oxidation sites excluding steroid dienone is 2. The van der Waals surface area contributed by atoms with Crippen LogP contribution < -0.4 is 0 Å². The van der Waals surface area contributed by atoms with Gasteiger partial charge in [-0.15, -0.1) is 0 Å². The standard InChI is InChI=1S/C26H28O7/c1-21-6-5-15(27)24(4)19(21)14(30-11-21)9-23(3)25-16(32-25)8-13(12-7-18(28)31-20(12)29)22(25,2)10-17-26(23,24)33-17/h5-7,9,13,16-19,28H,8,10-11H2,1-4H3/t13-,16+,17-,18+,19-,21-,22-,23-,24-,25+,26-/m0/s1. The molecule has 8 rings (SSSR count). The molecule has 0 unspecified atom stereocenters. The van der Waals surface area contributed by atoms with Crippen LogP contribution >= 0.6 is 0 Å². The van der Waals surface area contributed by atoms with Crippen molar-refractivity contribution >= 4 is 11.8 Å². The summed E-state index contributed by atoms with van der Waals surface area (Å²) in [5.41, 5.74) is -2.67. The molecule has 174 valence electrons. The second kappa shape index (κ2) is 4.88. The van der Waals surface area contributed by atoms with E-state index in [1.54, 1.807) is 12.2 Å². The third-order valence-corrected chi connectivity index (χ3v) is 11.2. The lowest BCUT2D eigenvalue weighted by molar-refractivity contribution is -0.155. The second-order valence-electron chi connectivity index (χ2n) is 12.4. The molecule has 5 fully saturated rings. The maximum Gasteiger partial charge on any atom is 0.336 e. The first-order valence-electron chi connectivity index (χ1n) is 12.0. The van der Waals surface area contributed by atoms with Crippen molar-refractivity contribution in [3.63, 3.8) is 0 Å². The van der Waals surface area contributed by atoms with Crippen LogP contribution in [-0.4, -0.2) is 53.2 Å². The Hall–Kier alpha value is -1.96. The molecule has 0 radical (unpaired) electrons. The molecule has 1 N–H and O–H groups in total. The molecule has 0 aromatic rings. The van der Waals surface area contributed by atoms with E-state index in [9.17, 15) is 14.7 Å². The fourth-order valence-electron chi connectivity index (χ4n) is 10.1. The molecule has 33 heavy (non-hydrogen) atoms. The minimum Gasteiger partial charge on any atom is -0.497 e. The molecule has 2 spiro atoms. The van der Waals surface area contributed by atoms with Gasteiger partial charge in [0.2, 0.25) is 6.29 Å². The minimum absolute atomic E-state index is 0.0509. The van der Waals surface area contributed by atoms with Crippen LogP contribution in [0.5, 0.6) is 0 Å². The first-order chi connectivity index (χ1) is 15.5. The number of ether oxygens (including phenoxy) is 4. The Labute approximate surface area is 191 Å². The highest BCUT2D eigenvalue weighted by atomic mass is 16.7. The van der Waals surface area contributed by atoms with Crippen LogP contribution in [0.4, 0.5) is 0 Å². The predicted molar refractivity (Wildman–Crippen MR) is 112 cm³/mol. The van der Waals surface area contributed by atoms with Gasteiger partial charge in [0.15, 0.2) is 5.78 Å². The van der Waals surface area contributed by atoms with E-state index in [1.165, 1.54) is 0 Å². The first-order valence-corrected chi connectivity index (χ1v) is 12.0. The third-order valence-electron chi connectivity index (χ3n) is 11.2. The van der Waals surface area contributed by atoms with Crippen molar-refractivity contribution in [3.05, 3.63) is 35.6 Å². The van der Waals surface area contributed by atoms with Crippen LogP contribution in [0.25, 0.3) is 0 Å². The van der Waals surface area contributed by atoms with Crippen LogP contribution in [0, 0.1) is 33.5 Å². The number of aliphatic hydroxyl groups excluding tert-OH is 1. The molecule has 8 aliphatic rings. The van der Waals surface area contributed by atoms with Gasteiger partial charge < -0.3 is 24.1 Å². The van der Waals surface area contributed by atoms with E-state index in [1.807, 2.05) is 6.08 Å². The largest absolute Gasteiger partial charge is 0.497 e. The summed E-state index contributed by atoms with van der Waals surface area (Å²) in [6.45, 7) is 9.18. The van der Waals surface area contributed by atoms with E-state index < -0.39 is 39.7 Å². The van der Waals surface area contributed by atoms with Gasteiger partial charge in [-0.25, -0.2) is 4.79 Å². The van der Waals surface area contributed by atoms with E-state index in [2.05, 4.69) is 33.8 Å². The molecule has 2 saturated carbocycles. The van der Waals surface area contributed by atoms with Crippen molar-refractivity contribution in [2.24, 2.45) is 33.5 Å². The number of epoxide rings is 2. The van der Waals surface area contributed by atoms with Gasteiger partial charge in [-0.1, -0.05) is 26.8 Å². The normalized spacial score (nSPS) is 62.8. The molecule has 7 heteroatoms. The van der Waals surface area contributed by atoms with E-state index in [0.29, 0.717) is 25.0 Å². The van der Waals surface area contributed by atoms with Gasteiger partial charge in [-0.2, -0.15) is 0 Å². The summed E-state index contributed by atoms with van der Waals surface area (Å²) in [5.74, 6) is 0.387. The Morgan fingerprint density at radius 1 is 1.06 bits per heavy atom. The van der Waals surface area contributed by atoms with Crippen LogP contribution in [0.15, 0.2) is 35.6 Å². The number of aliphatic hydroxyl groups is 1. The lowest BCUT2D eigenvalue weighted by Gasteiger charge is -2.60. The molecule has 7 nitrogen and oxygen atoms in total. The van der Waals surface area contributed by atoms with Gasteiger partial charge >= 0.3 is 5.97 Å². The number of carbonyl (C=O) groups is 2. The molecule has 0 aromatic carbocycles. The zero-order valence-electron chi connectivity index (χ0n) is 19.2. The van der Waals surface area contributed by atoms with Gasteiger partial charge in [0.1, 0.15) is 11.2 Å². The quantitative estimate of drug-likeness (QED) is 0.481. The summed E-state index contributed by atoms with van der Waals surface area (Å²) < 4.78 is 24.7. The Morgan fingerprint density at radius 2 is 1.82 bits per heavy atom. The molecule has 4 heterocycles. The van der Waals surface area contributed by atoms with Crippen LogP contribution in [-0.2, 0) is 28.5 Å². The van der Waals surface area contributed by atoms with Gasteiger partial charge in [-0.05, 0) is 38.0 Å². The third kappa shape index (κ3) is 1.59. The van der Waals surface area contributed by atoms with Gasteiger partial charge in [0, 0.05) is 28.2 Å². The van der Waals surface area contributed by atoms with Gasteiger partial charge in [-0.3, -0.25) is 4.79 Å². The van der Waals surface area contributed by atoms with Gasteiger partial charge in [0.05, 0.1) is 35.4 Å². The summed E-state index contributed by atoms with van der Waals surface area (Å²) in [6.07, 6.45) is 7.59. The summed E-state index contributed by atoms with van der Waals surface area (Å²) in [4.78, 5) is 26.3.